The summed E-state index contributed by atoms with van der Waals surface area (Å²) < 4.78 is 4.49. The van der Waals surface area contributed by atoms with E-state index in [1.165, 1.54) is 40.3 Å². The number of aromatic amines is 1. The lowest BCUT2D eigenvalue weighted by molar-refractivity contribution is 0.369. The van der Waals surface area contributed by atoms with Crippen molar-refractivity contribution in [3.05, 3.63) is 26.5 Å². The summed E-state index contributed by atoms with van der Waals surface area (Å²) in [6.07, 6.45) is 7.46. The maximum Gasteiger partial charge on any atom is 0.178 e. The third kappa shape index (κ3) is 2.61. The summed E-state index contributed by atoms with van der Waals surface area (Å²) in [5.41, 5.74) is 2.43. The minimum absolute atomic E-state index is 0.546. The Morgan fingerprint density at radius 1 is 1.37 bits per heavy atom. The molecule has 0 amide bonds. The van der Waals surface area contributed by atoms with Crippen molar-refractivity contribution in [1.82, 2.24) is 9.55 Å². The molecule has 1 fully saturated rings. The summed E-state index contributed by atoms with van der Waals surface area (Å²) in [7, 11) is 0. The first kappa shape index (κ1) is 13.9. The van der Waals surface area contributed by atoms with Crippen LogP contribution in [0, 0.1) is 8.34 Å². The number of aromatic nitrogens is 2. The number of hydrogen-bond acceptors (Lipinski definition) is 2. The predicted molar refractivity (Wildman–Crippen MR) is 94.6 cm³/mol. The van der Waals surface area contributed by atoms with E-state index in [1.54, 1.807) is 0 Å². The Labute approximate surface area is 136 Å². The second kappa shape index (κ2) is 5.77. The van der Waals surface area contributed by atoms with E-state index in [9.17, 15) is 0 Å². The maximum absolute atomic E-state index is 5.57. The van der Waals surface area contributed by atoms with Gasteiger partial charge in [0.25, 0.3) is 0 Å². The average molecular weight is 404 g/mol. The van der Waals surface area contributed by atoms with Crippen LogP contribution in [0.2, 0.25) is 0 Å². The molecule has 1 aromatic heterocycles. The second-order valence-corrected chi connectivity index (χ2v) is 7.80. The maximum atomic E-state index is 5.57. The Hall–Kier alpha value is -0.0100. The van der Waals surface area contributed by atoms with Crippen molar-refractivity contribution in [1.29, 1.82) is 0 Å². The van der Waals surface area contributed by atoms with Gasteiger partial charge in [0, 0.05) is 14.9 Å². The van der Waals surface area contributed by atoms with Gasteiger partial charge in [-0.1, -0.05) is 12.8 Å². The molecule has 1 aliphatic rings. The normalized spacial score (nSPS) is 23.9. The first-order valence-electron chi connectivity index (χ1n) is 6.63. The molecule has 0 saturated heterocycles. The van der Waals surface area contributed by atoms with E-state index >= 15 is 0 Å². The van der Waals surface area contributed by atoms with Crippen LogP contribution in [0.4, 0.5) is 0 Å². The summed E-state index contributed by atoms with van der Waals surface area (Å²) in [4.78, 5) is 3.37. The Morgan fingerprint density at radius 2 is 2.16 bits per heavy atom. The predicted octanol–water partition coefficient (Wildman–Crippen LogP) is 5.15. The van der Waals surface area contributed by atoms with Crippen LogP contribution in [0.25, 0.3) is 11.0 Å². The SMILES string of the molecule is CSC1CCCCC1n1c(=S)[nH]c2cc(I)ccc21. The number of imidazole rings is 1. The monoisotopic (exact) mass is 404 g/mol. The number of benzene rings is 1. The van der Waals surface area contributed by atoms with Crippen LogP contribution in [-0.4, -0.2) is 21.1 Å². The molecule has 1 saturated carbocycles. The first-order chi connectivity index (χ1) is 9.20. The highest BCUT2D eigenvalue weighted by atomic mass is 127. The van der Waals surface area contributed by atoms with Gasteiger partial charge in [0.2, 0.25) is 0 Å². The first-order valence-corrected chi connectivity index (χ1v) is 9.41. The lowest BCUT2D eigenvalue weighted by Crippen LogP contribution is -2.25. The fraction of sp³-hybridized carbons (Fsp3) is 0.500. The molecule has 0 radical (unpaired) electrons. The summed E-state index contributed by atoms with van der Waals surface area (Å²) in [6.45, 7) is 0. The van der Waals surface area contributed by atoms with E-state index in [2.05, 4.69) is 56.6 Å². The molecule has 2 nitrogen and oxygen atoms in total. The zero-order valence-corrected chi connectivity index (χ0v) is 14.6. The zero-order chi connectivity index (χ0) is 13.4. The van der Waals surface area contributed by atoms with Gasteiger partial charge in [-0.3, -0.25) is 0 Å². The summed E-state index contributed by atoms with van der Waals surface area (Å²) in [5.74, 6) is 0. The van der Waals surface area contributed by atoms with Gasteiger partial charge >= 0.3 is 0 Å². The number of fused-ring (bicyclic) bond motifs is 1. The standard InChI is InChI=1S/C14H17IN2S2/c1-19-13-5-3-2-4-12(13)17-11-7-6-9(15)8-10(11)16-14(17)18/h6-8,12-13H,2-5H2,1H3,(H,16,18). The van der Waals surface area contributed by atoms with Crippen LogP contribution in [-0.2, 0) is 0 Å². The van der Waals surface area contributed by atoms with Crippen molar-refractivity contribution in [2.45, 2.75) is 37.0 Å². The molecule has 2 unspecified atom stereocenters. The highest BCUT2D eigenvalue weighted by Crippen LogP contribution is 2.37. The molecule has 1 aliphatic carbocycles. The highest BCUT2D eigenvalue weighted by molar-refractivity contribution is 14.1. The Bertz CT molecular complexity index is 646. The average Bonchev–Trinajstić information content (AvgIpc) is 2.73. The van der Waals surface area contributed by atoms with Crippen molar-refractivity contribution in [3.63, 3.8) is 0 Å². The smallest absolute Gasteiger partial charge is 0.178 e. The van der Waals surface area contributed by atoms with Gasteiger partial charge in [0.1, 0.15) is 0 Å². The number of halogens is 1. The Morgan fingerprint density at radius 3 is 2.95 bits per heavy atom. The lowest BCUT2D eigenvalue weighted by Gasteiger charge is -2.31. The minimum Gasteiger partial charge on any atom is -0.331 e. The molecular formula is C14H17IN2S2. The summed E-state index contributed by atoms with van der Waals surface area (Å²) in [6, 6.07) is 7.10. The number of nitrogens with one attached hydrogen (secondary N) is 1. The third-order valence-corrected chi connectivity index (χ3v) is 6.11. The van der Waals surface area contributed by atoms with Crippen molar-refractivity contribution >= 4 is 57.6 Å². The number of hydrogen-bond donors (Lipinski definition) is 1. The van der Waals surface area contributed by atoms with Gasteiger partial charge in [0.15, 0.2) is 4.77 Å². The van der Waals surface area contributed by atoms with Gasteiger partial charge in [0.05, 0.1) is 11.0 Å². The molecule has 1 N–H and O–H groups in total. The van der Waals surface area contributed by atoms with Crippen LogP contribution in [0.15, 0.2) is 18.2 Å². The van der Waals surface area contributed by atoms with Gasteiger partial charge in [-0.2, -0.15) is 11.8 Å². The van der Waals surface area contributed by atoms with E-state index in [0.29, 0.717) is 11.3 Å². The van der Waals surface area contributed by atoms with Crippen LogP contribution >= 0.6 is 46.6 Å². The highest BCUT2D eigenvalue weighted by Gasteiger charge is 2.27. The molecule has 0 bridgehead atoms. The van der Waals surface area contributed by atoms with Crippen LogP contribution < -0.4 is 0 Å². The summed E-state index contributed by atoms with van der Waals surface area (Å²) in [5, 5.41) is 0.693. The van der Waals surface area contributed by atoms with Gasteiger partial charge in [-0.25, -0.2) is 0 Å². The summed E-state index contributed by atoms with van der Waals surface area (Å²) >= 11 is 9.91. The molecule has 0 aliphatic heterocycles. The molecule has 102 valence electrons. The largest absolute Gasteiger partial charge is 0.331 e. The molecule has 1 aromatic carbocycles. The van der Waals surface area contributed by atoms with E-state index < -0.39 is 0 Å². The van der Waals surface area contributed by atoms with Crippen LogP contribution in [0.5, 0.6) is 0 Å². The molecular weight excluding hydrogens is 387 g/mol. The molecule has 2 aromatic rings. The van der Waals surface area contributed by atoms with Crippen LogP contribution in [0.3, 0.4) is 0 Å². The topological polar surface area (TPSA) is 20.7 Å². The minimum atomic E-state index is 0.546. The van der Waals surface area contributed by atoms with Crippen molar-refractivity contribution in [2.24, 2.45) is 0 Å². The van der Waals surface area contributed by atoms with Crippen LogP contribution in [0.1, 0.15) is 31.7 Å². The molecule has 3 rings (SSSR count). The molecule has 0 spiro atoms. The van der Waals surface area contributed by atoms with Crippen molar-refractivity contribution in [2.75, 3.05) is 6.26 Å². The zero-order valence-electron chi connectivity index (χ0n) is 10.9. The molecule has 1 heterocycles. The number of nitrogens with zero attached hydrogens (tertiary/aromatic N) is 1. The fourth-order valence-corrected chi connectivity index (χ4v) is 4.89. The van der Waals surface area contributed by atoms with Gasteiger partial charge < -0.3 is 9.55 Å². The number of rotatable bonds is 2. The number of H-pyrrole nitrogens is 1. The second-order valence-electron chi connectivity index (χ2n) is 5.09. The Kier molecular flexibility index (Phi) is 4.24. The van der Waals surface area contributed by atoms with E-state index in [0.717, 1.165) is 4.77 Å². The number of thioether (sulfide) groups is 1. The molecule has 2 atom stereocenters. The third-order valence-electron chi connectivity index (χ3n) is 3.98. The van der Waals surface area contributed by atoms with Gasteiger partial charge in [-0.15, -0.1) is 0 Å². The van der Waals surface area contributed by atoms with Gasteiger partial charge in [-0.05, 0) is 72.1 Å². The fourth-order valence-electron chi connectivity index (χ4n) is 3.08. The molecule has 19 heavy (non-hydrogen) atoms. The van der Waals surface area contributed by atoms with E-state index in [1.807, 2.05) is 11.8 Å². The molecule has 5 heteroatoms. The van der Waals surface area contributed by atoms with Crippen molar-refractivity contribution in [3.8, 4) is 0 Å². The quantitative estimate of drug-likeness (QED) is 0.552. The van der Waals surface area contributed by atoms with E-state index in [4.69, 9.17) is 12.2 Å². The van der Waals surface area contributed by atoms with Crippen molar-refractivity contribution < 1.29 is 0 Å². The van der Waals surface area contributed by atoms with E-state index in [-0.39, 0.29) is 0 Å². The Balaban J connectivity index is 2.13. The lowest BCUT2D eigenvalue weighted by atomic mass is 9.94.